The second kappa shape index (κ2) is 9.62. The van der Waals surface area contributed by atoms with Crippen LogP contribution in [0.5, 0.6) is 5.88 Å². The van der Waals surface area contributed by atoms with Crippen LogP contribution < -0.4 is 26.4 Å². The van der Waals surface area contributed by atoms with E-state index in [4.69, 9.17) is 15.6 Å². The molecule has 0 unspecified atom stereocenters. The number of primary amides is 1. The smallest absolute Gasteiger partial charge is 0.404 e. The monoisotopic (exact) mass is 450 g/mol. The number of amides is 2. The molecular weight excluding hydrogens is 426 g/mol. The van der Waals surface area contributed by atoms with Crippen molar-refractivity contribution in [2.45, 2.75) is 38.3 Å². The molecule has 2 aromatic heterocycles. The number of carbonyl (C=O) groups is 2. The molecule has 0 aromatic carbocycles. The molecule has 2 aromatic rings. The van der Waals surface area contributed by atoms with Gasteiger partial charge in [-0.05, 0) is 31.7 Å². The van der Waals surface area contributed by atoms with Crippen LogP contribution in [0.4, 0.5) is 30.9 Å². The Morgan fingerprint density at radius 1 is 1.25 bits per heavy atom. The molecule has 0 spiro atoms. The van der Waals surface area contributed by atoms with Crippen LogP contribution in [0.25, 0.3) is 0 Å². The lowest BCUT2D eigenvalue weighted by atomic mass is 9.77. The van der Waals surface area contributed by atoms with Crippen molar-refractivity contribution >= 4 is 29.3 Å². The first-order valence-corrected chi connectivity index (χ1v) is 9.92. The summed E-state index contributed by atoms with van der Waals surface area (Å²) < 4.78 is 33.5. The van der Waals surface area contributed by atoms with Crippen molar-refractivity contribution in [2.75, 3.05) is 17.7 Å². The van der Waals surface area contributed by atoms with Gasteiger partial charge in [0.15, 0.2) is 17.5 Å². The molecule has 2 amide bonds. The molecule has 1 saturated carbocycles. The lowest BCUT2D eigenvalue weighted by Crippen LogP contribution is -2.50. The maximum atomic E-state index is 14.8. The van der Waals surface area contributed by atoms with E-state index in [1.807, 2.05) is 0 Å². The first kappa shape index (κ1) is 23.0. The minimum atomic E-state index is -1.20. The maximum absolute atomic E-state index is 14.8. The second-order valence-corrected chi connectivity index (χ2v) is 7.52. The summed E-state index contributed by atoms with van der Waals surface area (Å²) in [4.78, 5) is 30.8. The number of hydrogen-bond acceptors (Lipinski definition) is 7. The Morgan fingerprint density at radius 3 is 2.50 bits per heavy atom. The minimum absolute atomic E-state index is 0.112. The highest BCUT2D eigenvalue weighted by molar-refractivity contribution is 5.98. The Bertz CT molecular complexity index is 1020. The average Bonchev–Trinajstić information content (AvgIpc) is 2.67. The van der Waals surface area contributed by atoms with Crippen LogP contribution in [-0.4, -0.2) is 46.3 Å². The van der Waals surface area contributed by atoms with E-state index in [9.17, 15) is 18.4 Å². The molecule has 1 aliphatic rings. The quantitative estimate of drug-likeness (QED) is 0.391. The molecule has 172 valence electrons. The van der Waals surface area contributed by atoms with Crippen molar-refractivity contribution in [3.8, 4) is 5.88 Å². The standard InChI is InChI=1S/C20H24F2N6O4/c1-9(25-20(30)31)15(10-4-3-5-10)27-18-13(21)7-12(16(23)29)17(28-18)26-11-6-14(22)19(32-2)24-8-11/h6-10,15,25H,3-5H2,1-2H3,(H2,23,29)(H,30,31)(H2,26,27,28)/t9-,15+/m0/s1. The molecule has 6 N–H and O–H groups in total. The second-order valence-electron chi connectivity index (χ2n) is 7.52. The van der Waals surface area contributed by atoms with Gasteiger partial charge in [-0.1, -0.05) is 6.42 Å². The van der Waals surface area contributed by atoms with Crippen LogP contribution in [0, 0.1) is 17.6 Å². The zero-order chi connectivity index (χ0) is 23.4. The van der Waals surface area contributed by atoms with Gasteiger partial charge >= 0.3 is 6.09 Å². The van der Waals surface area contributed by atoms with Gasteiger partial charge in [-0.25, -0.2) is 23.5 Å². The molecule has 32 heavy (non-hydrogen) atoms. The molecule has 0 bridgehead atoms. The van der Waals surface area contributed by atoms with Gasteiger partial charge in [-0.2, -0.15) is 0 Å². The average molecular weight is 450 g/mol. The highest BCUT2D eigenvalue weighted by Crippen LogP contribution is 2.34. The summed E-state index contributed by atoms with van der Waals surface area (Å²) in [6.07, 6.45) is 2.75. The normalized spacial score (nSPS) is 15.2. The summed E-state index contributed by atoms with van der Waals surface area (Å²) in [5, 5.41) is 17.1. The summed E-state index contributed by atoms with van der Waals surface area (Å²) in [6, 6.07) is 1.02. The van der Waals surface area contributed by atoms with Crippen LogP contribution in [0.2, 0.25) is 0 Å². The van der Waals surface area contributed by atoms with E-state index in [2.05, 4.69) is 25.9 Å². The lowest BCUT2D eigenvalue weighted by Gasteiger charge is -2.38. The summed E-state index contributed by atoms with van der Waals surface area (Å²) in [5.41, 5.74) is 5.24. The number of pyridine rings is 2. The Hall–Kier alpha value is -3.70. The zero-order valence-corrected chi connectivity index (χ0v) is 17.5. The largest absolute Gasteiger partial charge is 0.479 e. The lowest BCUT2D eigenvalue weighted by molar-refractivity contribution is 0.1000. The van der Waals surface area contributed by atoms with Gasteiger partial charge in [0, 0.05) is 12.1 Å². The van der Waals surface area contributed by atoms with Gasteiger partial charge in [0.05, 0.1) is 30.6 Å². The third kappa shape index (κ3) is 5.13. The number of rotatable bonds is 9. The van der Waals surface area contributed by atoms with Crippen molar-refractivity contribution in [1.29, 1.82) is 0 Å². The fraction of sp³-hybridized carbons (Fsp3) is 0.400. The molecule has 2 heterocycles. The Labute approximate surface area is 182 Å². The number of ether oxygens (including phenoxy) is 1. The van der Waals surface area contributed by atoms with E-state index in [0.29, 0.717) is 0 Å². The molecule has 0 radical (unpaired) electrons. The molecule has 3 rings (SSSR count). The van der Waals surface area contributed by atoms with Gasteiger partial charge in [0.1, 0.15) is 5.82 Å². The van der Waals surface area contributed by atoms with Gasteiger partial charge in [0.25, 0.3) is 5.91 Å². The molecule has 1 fully saturated rings. The Morgan fingerprint density at radius 2 is 1.97 bits per heavy atom. The van der Waals surface area contributed by atoms with Crippen molar-refractivity contribution in [3.63, 3.8) is 0 Å². The van der Waals surface area contributed by atoms with Gasteiger partial charge in [-0.3, -0.25) is 4.79 Å². The van der Waals surface area contributed by atoms with Crippen LogP contribution in [0.3, 0.4) is 0 Å². The van der Waals surface area contributed by atoms with Gasteiger partial charge in [0.2, 0.25) is 5.88 Å². The van der Waals surface area contributed by atoms with Crippen LogP contribution in [0.1, 0.15) is 36.5 Å². The van der Waals surface area contributed by atoms with E-state index in [1.54, 1.807) is 6.92 Å². The fourth-order valence-electron chi connectivity index (χ4n) is 3.55. The summed E-state index contributed by atoms with van der Waals surface area (Å²) in [7, 11) is 1.27. The molecule has 10 nitrogen and oxygen atoms in total. The van der Waals surface area contributed by atoms with Crippen molar-refractivity contribution in [2.24, 2.45) is 11.7 Å². The predicted octanol–water partition coefficient (Wildman–Crippen LogP) is 2.84. The Kier molecular flexibility index (Phi) is 6.91. The number of halogens is 2. The number of nitrogens with one attached hydrogen (secondary N) is 3. The van der Waals surface area contributed by atoms with Crippen molar-refractivity contribution < 1.29 is 28.2 Å². The fourth-order valence-corrected chi connectivity index (χ4v) is 3.55. The van der Waals surface area contributed by atoms with E-state index in [0.717, 1.165) is 31.4 Å². The van der Waals surface area contributed by atoms with Crippen LogP contribution in [-0.2, 0) is 0 Å². The number of nitrogens with two attached hydrogens (primary N) is 1. The number of hydrogen-bond donors (Lipinski definition) is 5. The summed E-state index contributed by atoms with van der Waals surface area (Å²) >= 11 is 0. The third-order valence-electron chi connectivity index (χ3n) is 5.36. The molecule has 2 atom stereocenters. The Balaban J connectivity index is 1.93. The first-order chi connectivity index (χ1) is 15.2. The maximum Gasteiger partial charge on any atom is 0.404 e. The van der Waals surface area contributed by atoms with Gasteiger partial charge < -0.3 is 31.5 Å². The van der Waals surface area contributed by atoms with Crippen molar-refractivity contribution in [3.05, 3.63) is 35.5 Å². The number of carbonyl (C=O) groups excluding carboxylic acids is 1. The predicted molar refractivity (Wildman–Crippen MR) is 112 cm³/mol. The van der Waals surface area contributed by atoms with Crippen molar-refractivity contribution in [1.82, 2.24) is 15.3 Å². The third-order valence-corrected chi connectivity index (χ3v) is 5.36. The molecular formula is C20H24F2N6O4. The molecule has 1 aliphatic carbocycles. The summed E-state index contributed by atoms with van der Waals surface area (Å²) in [5.74, 6) is -2.95. The number of methoxy groups -OCH3 is 1. The molecule has 12 heteroatoms. The highest BCUT2D eigenvalue weighted by atomic mass is 19.1. The molecule has 0 aliphatic heterocycles. The number of anilines is 3. The van der Waals surface area contributed by atoms with Crippen LogP contribution >= 0.6 is 0 Å². The van der Waals surface area contributed by atoms with E-state index < -0.39 is 35.7 Å². The van der Waals surface area contributed by atoms with E-state index in [-0.39, 0.29) is 34.7 Å². The molecule has 0 saturated heterocycles. The van der Waals surface area contributed by atoms with Crippen LogP contribution in [0.15, 0.2) is 18.3 Å². The van der Waals surface area contributed by atoms with Gasteiger partial charge in [-0.15, -0.1) is 0 Å². The van der Waals surface area contributed by atoms with E-state index in [1.165, 1.54) is 13.3 Å². The number of aromatic nitrogens is 2. The topological polar surface area (TPSA) is 151 Å². The zero-order valence-electron chi connectivity index (χ0n) is 17.5. The highest BCUT2D eigenvalue weighted by Gasteiger charge is 2.33. The van der Waals surface area contributed by atoms with E-state index >= 15 is 0 Å². The first-order valence-electron chi connectivity index (χ1n) is 9.92. The summed E-state index contributed by atoms with van der Waals surface area (Å²) in [6.45, 7) is 1.67. The minimum Gasteiger partial charge on any atom is -0.479 e. The number of carboxylic acid groups (broad SMARTS) is 1. The number of nitrogens with zero attached hydrogens (tertiary/aromatic N) is 2. The SMILES string of the molecule is COc1ncc(Nc2nc(N[C@@H](C3CCC3)[C@H](C)NC(=O)O)c(F)cc2C(N)=O)cc1F.